The summed E-state index contributed by atoms with van der Waals surface area (Å²) in [4.78, 5) is 15.8. The first kappa shape index (κ1) is 43.0. The molecule has 0 N–H and O–H groups in total. The van der Waals surface area contributed by atoms with Crippen LogP contribution in [0.5, 0.6) is 0 Å². The summed E-state index contributed by atoms with van der Waals surface area (Å²) in [5.74, 6) is 0.619. The number of rotatable bonds is 9. The average molecular weight is 1080 g/mol. The van der Waals surface area contributed by atoms with Crippen LogP contribution in [0.25, 0.3) is 81.9 Å². The molecule has 11 aromatic rings. The Morgan fingerprint density at radius 3 is 2.10 bits per heavy atom. The van der Waals surface area contributed by atoms with Crippen LogP contribution in [0.2, 0.25) is 19.6 Å². The van der Waals surface area contributed by atoms with Gasteiger partial charge in [-0.25, -0.2) is 4.98 Å². The fourth-order valence-corrected chi connectivity index (χ4v) is 11.3. The molecule has 0 bridgehead atoms. The Kier molecular flexibility index (Phi) is 12.6. The van der Waals surface area contributed by atoms with E-state index in [0.29, 0.717) is 0 Å². The van der Waals surface area contributed by atoms with Crippen molar-refractivity contribution < 1.29 is 22.8 Å². The van der Waals surface area contributed by atoms with Gasteiger partial charge in [0.15, 0.2) is 0 Å². The van der Waals surface area contributed by atoms with E-state index in [0.717, 1.165) is 82.0 Å². The van der Waals surface area contributed by atoms with Gasteiger partial charge < -0.3 is 9.55 Å². The smallest absolute Gasteiger partial charge is 0.113 e. The van der Waals surface area contributed by atoms with Gasteiger partial charge in [0.2, 0.25) is 0 Å². The van der Waals surface area contributed by atoms with Gasteiger partial charge in [-0.15, -0.1) is 54.1 Å². The van der Waals surface area contributed by atoms with E-state index in [1.165, 1.54) is 21.9 Å². The van der Waals surface area contributed by atoms with Crippen molar-refractivity contribution in [2.45, 2.75) is 45.8 Å². The fourth-order valence-electron chi connectivity index (χ4n) is 8.64. The maximum absolute atomic E-state index is 9.04. The summed E-state index contributed by atoms with van der Waals surface area (Å²) in [6, 6.07) is 71.1. The number of benzene rings is 7. The van der Waals surface area contributed by atoms with Crippen LogP contribution >= 0.6 is 11.3 Å². The van der Waals surface area contributed by atoms with E-state index < -0.39 is 14.4 Å². The Balaban J connectivity index is 0.000000185. The molecule has 4 aromatic heterocycles. The molecule has 0 fully saturated rings. The average Bonchev–Trinajstić information content (AvgIpc) is 3.95. The molecule has 0 amide bonds. The summed E-state index contributed by atoms with van der Waals surface area (Å²) in [6.07, 6.45) is 0.400. The van der Waals surface area contributed by atoms with Crippen LogP contribution in [0, 0.1) is 19.1 Å². The van der Waals surface area contributed by atoms with Crippen molar-refractivity contribution in [2.24, 2.45) is 0 Å². The molecule has 7 heteroatoms. The molecule has 0 aliphatic rings. The van der Waals surface area contributed by atoms with Crippen LogP contribution in [0.1, 0.15) is 32.4 Å². The van der Waals surface area contributed by atoms with Gasteiger partial charge in [-0.05, 0) is 92.8 Å². The zero-order valence-corrected chi connectivity index (χ0v) is 42.3. The van der Waals surface area contributed by atoms with Crippen LogP contribution in [0.15, 0.2) is 194 Å². The van der Waals surface area contributed by atoms with Gasteiger partial charge >= 0.3 is 0 Å². The summed E-state index contributed by atoms with van der Waals surface area (Å²) < 4.78 is 21.5. The molecule has 67 heavy (non-hydrogen) atoms. The standard InChI is InChI=1S/C37H24N3S.C23H26NSi.Ir/c1-24-19-21-29-28-15-10-16-30(35(28)41-37(29)38-24)36-39-32-17-8-9-18-34(32)40(36)33-22-20-27(25-11-4-2-5-12-25)23-31(33)26-13-6-3-7-14-26;1-18(19-11-7-5-8-12-19)15-21-16-22(20-13-9-6-10-14-20)24-17-23(21)25(2,3)4;/h2-15,17-23H,1H3;5-13,16-18H,15H2,1-4H3;/q2*-1;/i;15D2;. The SMILES string of the molecule is Cc1ccc2c(n1)sc1c(-c3nc4ccccc4n3-c3ccc(-c4ccccc4)cc3-c3ccccc3)[c-]ccc12.[2H]C([2H])(c1cc(-c2[c-]cccc2)ncc1[Si](C)(C)C)C(C)c1ccccc1.[Ir]. The third-order valence-electron chi connectivity index (χ3n) is 12.0. The van der Waals surface area contributed by atoms with Gasteiger partial charge in [0.25, 0.3) is 0 Å². The zero-order valence-electron chi connectivity index (χ0n) is 40.1. The molecule has 0 saturated heterocycles. The second-order valence-electron chi connectivity index (χ2n) is 17.6. The summed E-state index contributed by atoms with van der Waals surface area (Å²) in [5.41, 5.74) is 13.2. The van der Waals surface area contributed by atoms with Gasteiger partial charge in [-0.1, -0.05) is 164 Å². The maximum Gasteiger partial charge on any atom is 0.113 e. The zero-order chi connectivity index (χ0) is 47.0. The number of hydrogen-bond donors (Lipinski definition) is 0. The predicted molar refractivity (Wildman–Crippen MR) is 282 cm³/mol. The van der Waals surface area contributed by atoms with Crippen LogP contribution in [0.3, 0.4) is 0 Å². The molecule has 4 heterocycles. The number of fused-ring (bicyclic) bond motifs is 4. The summed E-state index contributed by atoms with van der Waals surface area (Å²) in [5, 5.41) is 3.44. The van der Waals surface area contributed by atoms with Gasteiger partial charge in [0.1, 0.15) is 4.83 Å². The number of imidazole rings is 1. The summed E-state index contributed by atoms with van der Waals surface area (Å²) in [6.45, 7) is 10.7. The molecule has 1 unspecified atom stereocenters. The molecule has 0 saturated carbocycles. The van der Waals surface area contributed by atoms with Crippen LogP contribution < -0.4 is 5.19 Å². The topological polar surface area (TPSA) is 43.6 Å². The molecule has 0 aliphatic carbocycles. The molecule has 0 aliphatic heterocycles. The Morgan fingerprint density at radius 2 is 1.37 bits per heavy atom. The molecule has 331 valence electrons. The van der Waals surface area contributed by atoms with Crippen LogP contribution in [-0.4, -0.2) is 27.6 Å². The number of aryl methyl sites for hydroxylation is 1. The maximum atomic E-state index is 9.04. The van der Waals surface area contributed by atoms with E-state index in [1.807, 2.05) is 86.8 Å². The minimum absolute atomic E-state index is 0. The molecule has 4 nitrogen and oxygen atoms in total. The number of thiophene rings is 1. The van der Waals surface area contributed by atoms with Crippen molar-refractivity contribution >= 4 is 55.9 Å². The fraction of sp³-hybridized carbons (Fsp3) is 0.117. The van der Waals surface area contributed by atoms with Crippen molar-refractivity contribution in [3.05, 3.63) is 223 Å². The van der Waals surface area contributed by atoms with Gasteiger partial charge in [0, 0.05) is 46.0 Å². The van der Waals surface area contributed by atoms with Crippen LogP contribution in [-0.2, 0) is 26.5 Å². The van der Waals surface area contributed by atoms with E-state index in [4.69, 9.17) is 12.7 Å². The monoisotopic (exact) mass is 1080 g/mol. The molecular formula is C60H50IrN4SSi-2. The number of hydrogen-bond acceptors (Lipinski definition) is 4. The van der Waals surface area contributed by atoms with Crippen molar-refractivity contribution in [2.75, 3.05) is 0 Å². The molecule has 1 radical (unpaired) electrons. The first-order chi connectivity index (χ1) is 33.0. The third-order valence-corrected chi connectivity index (χ3v) is 15.2. The first-order valence-electron chi connectivity index (χ1n) is 23.4. The molecule has 7 aromatic carbocycles. The minimum Gasteiger partial charge on any atom is -0.333 e. The molecule has 0 spiro atoms. The Bertz CT molecular complexity index is 3560. The second-order valence-corrected chi connectivity index (χ2v) is 23.7. The molecular weight excluding hydrogens is 1030 g/mol. The van der Waals surface area contributed by atoms with Crippen molar-refractivity contribution in [3.8, 4) is 50.6 Å². The second kappa shape index (κ2) is 19.7. The largest absolute Gasteiger partial charge is 0.333 e. The Labute approximate surface area is 415 Å². The van der Waals surface area contributed by atoms with E-state index in [-0.39, 0.29) is 26.0 Å². The first-order valence-corrected chi connectivity index (χ1v) is 26.7. The van der Waals surface area contributed by atoms with E-state index in [1.54, 1.807) is 11.3 Å². The van der Waals surface area contributed by atoms with Crippen molar-refractivity contribution in [1.82, 2.24) is 19.5 Å². The number of nitrogens with zero attached hydrogens (tertiary/aromatic N) is 4. The van der Waals surface area contributed by atoms with Gasteiger partial charge in [-0.2, -0.15) is 11.3 Å². The third kappa shape index (κ3) is 9.52. The summed E-state index contributed by atoms with van der Waals surface area (Å²) in [7, 11) is -1.77. The van der Waals surface area contributed by atoms with Crippen molar-refractivity contribution in [3.63, 3.8) is 0 Å². The van der Waals surface area contributed by atoms with Gasteiger partial charge in [0.05, 0.1) is 24.9 Å². The predicted octanol–water partition coefficient (Wildman–Crippen LogP) is 15.3. The quantitative estimate of drug-likeness (QED) is 0.107. The molecule has 11 rings (SSSR count). The number of pyridine rings is 2. The summed E-state index contributed by atoms with van der Waals surface area (Å²) >= 11 is 1.72. The van der Waals surface area contributed by atoms with Gasteiger partial charge in [-0.3, -0.25) is 4.98 Å². The number of aromatic nitrogens is 4. The molecule has 1 atom stereocenters. The van der Waals surface area contributed by atoms with E-state index in [9.17, 15) is 0 Å². The minimum atomic E-state index is -1.77. The van der Waals surface area contributed by atoms with Crippen LogP contribution in [0.4, 0.5) is 0 Å². The van der Waals surface area contributed by atoms with E-state index in [2.05, 4.69) is 163 Å². The normalized spacial score (nSPS) is 12.5. The number of para-hydroxylation sites is 2. The Hall–Kier alpha value is -6.60. The van der Waals surface area contributed by atoms with E-state index >= 15 is 0 Å². The van der Waals surface area contributed by atoms with Crippen molar-refractivity contribution in [1.29, 1.82) is 0 Å². The Morgan fingerprint density at radius 1 is 0.672 bits per heavy atom.